The van der Waals surface area contributed by atoms with Gasteiger partial charge in [-0.15, -0.1) is 11.3 Å². The van der Waals surface area contributed by atoms with Crippen LogP contribution in [0.4, 0.5) is 5.13 Å². The largest absolute Gasteiger partial charge is 0.507 e. The predicted octanol–water partition coefficient (Wildman–Crippen LogP) is 4.54. The number of halogens is 1. The number of methoxy groups -OCH3 is 1. The Morgan fingerprint density at radius 1 is 1.21 bits per heavy atom. The van der Waals surface area contributed by atoms with E-state index in [0.717, 1.165) is 4.47 Å². The summed E-state index contributed by atoms with van der Waals surface area (Å²) in [6, 6.07) is 13.2. The highest BCUT2D eigenvalue weighted by Crippen LogP contribution is 2.43. The van der Waals surface area contributed by atoms with E-state index in [1.165, 1.54) is 23.3 Å². The van der Waals surface area contributed by atoms with E-state index in [2.05, 4.69) is 20.9 Å². The highest BCUT2D eigenvalue weighted by Gasteiger charge is 2.47. The van der Waals surface area contributed by atoms with E-state index in [1.807, 2.05) is 12.1 Å². The molecule has 1 aromatic heterocycles. The fraction of sp³-hybridized carbons (Fsp3) is 0.0952. The first-order chi connectivity index (χ1) is 14.0. The van der Waals surface area contributed by atoms with E-state index in [0.29, 0.717) is 22.0 Å². The van der Waals surface area contributed by atoms with Crippen LogP contribution in [-0.2, 0) is 9.59 Å². The number of aromatic nitrogens is 1. The molecule has 0 saturated carbocycles. The van der Waals surface area contributed by atoms with E-state index < -0.39 is 17.7 Å². The lowest BCUT2D eigenvalue weighted by Crippen LogP contribution is -2.29. The molecule has 29 heavy (non-hydrogen) atoms. The second-order valence-electron chi connectivity index (χ2n) is 6.27. The van der Waals surface area contributed by atoms with Crippen LogP contribution in [-0.4, -0.2) is 28.9 Å². The number of ketones is 1. The Balaban J connectivity index is 1.93. The van der Waals surface area contributed by atoms with Crippen LogP contribution >= 0.6 is 27.3 Å². The van der Waals surface area contributed by atoms with Crippen molar-refractivity contribution in [2.24, 2.45) is 0 Å². The van der Waals surface area contributed by atoms with E-state index in [4.69, 9.17) is 4.74 Å². The van der Waals surface area contributed by atoms with Gasteiger partial charge < -0.3 is 9.84 Å². The Kier molecular flexibility index (Phi) is 5.21. The smallest absolute Gasteiger partial charge is 0.301 e. The topological polar surface area (TPSA) is 79.7 Å². The van der Waals surface area contributed by atoms with Crippen molar-refractivity contribution in [3.63, 3.8) is 0 Å². The average molecular weight is 471 g/mol. The molecule has 6 nitrogen and oxygen atoms in total. The lowest BCUT2D eigenvalue weighted by molar-refractivity contribution is -0.132. The van der Waals surface area contributed by atoms with Crippen molar-refractivity contribution in [2.45, 2.75) is 6.04 Å². The number of carbonyl (C=O) groups is 2. The van der Waals surface area contributed by atoms with Gasteiger partial charge in [0.05, 0.1) is 18.7 Å². The van der Waals surface area contributed by atoms with Gasteiger partial charge in [-0.1, -0.05) is 40.2 Å². The lowest BCUT2D eigenvalue weighted by atomic mass is 9.95. The van der Waals surface area contributed by atoms with Crippen molar-refractivity contribution in [3.05, 3.63) is 81.3 Å². The van der Waals surface area contributed by atoms with Crippen LogP contribution in [0.5, 0.6) is 5.75 Å². The fourth-order valence-electron chi connectivity index (χ4n) is 3.25. The van der Waals surface area contributed by atoms with Crippen molar-refractivity contribution >= 4 is 49.8 Å². The van der Waals surface area contributed by atoms with E-state index in [9.17, 15) is 14.7 Å². The van der Waals surface area contributed by atoms with Crippen molar-refractivity contribution in [1.82, 2.24) is 4.98 Å². The molecule has 1 saturated heterocycles. The Labute approximate surface area is 179 Å². The molecule has 1 unspecified atom stereocenters. The molecule has 1 atom stereocenters. The summed E-state index contributed by atoms with van der Waals surface area (Å²) in [4.78, 5) is 31.4. The Hall–Kier alpha value is -2.97. The Morgan fingerprint density at radius 2 is 1.97 bits per heavy atom. The summed E-state index contributed by atoms with van der Waals surface area (Å²) in [5.74, 6) is -1.21. The van der Waals surface area contributed by atoms with Crippen molar-refractivity contribution in [2.75, 3.05) is 12.0 Å². The second kappa shape index (κ2) is 7.81. The number of Topliss-reactive ketones (excluding diaryl/α,β-unsaturated/α-hetero) is 1. The number of amides is 1. The van der Waals surface area contributed by atoms with Crippen LogP contribution in [0.2, 0.25) is 0 Å². The molecule has 2 heterocycles. The van der Waals surface area contributed by atoms with Gasteiger partial charge in [0.2, 0.25) is 0 Å². The molecule has 8 heteroatoms. The molecule has 1 amide bonds. The molecule has 0 radical (unpaired) electrons. The van der Waals surface area contributed by atoms with Gasteiger partial charge in [-0.2, -0.15) is 0 Å². The normalized spacial score (nSPS) is 18.3. The number of anilines is 1. The van der Waals surface area contributed by atoms with Gasteiger partial charge >= 0.3 is 5.91 Å². The van der Waals surface area contributed by atoms with Crippen molar-refractivity contribution in [1.29, 1.82) is 0 Å². The number of nitrogens with zero attached hydrogens (tertiary/aromatic N) is 2. The molecule has 1 aliphatic rings. The van der Waals surface area contributed by atoms with Crippen molar-refractivity contribution in [3.8, 4) is 5.75 Å². The number of benzene rings is 2. The molecule has 3 aromatic rings. The minimum Gasteiger partial charge on any atom is -0.507 e. The summed E-state index contributed by atoms with van der Waals surface area (Å²) >= 11 is 4.65. The summed E-state index contributed by atoms with van der Waals surface area (Å²) in [7, 11) is 1.52. The van der Waals surface area contributed by atoms with Crippen LogP contribution in [0.1, 0.15) is 17.2 Å². The Morgan fingerprint density at radius 3 is 2.62 bits per heavy atom. The zero-order chi connectivity index (χ0) is 20.5. The third kappa shape index (κ3) is 3.45. The number of aliphatic hydroxyl groups excluding tert-OH is 1. The zero-order valence-electron chi connectivity index (χ0n) is 15.2. The quantitative estimate of drug-likeness (QED) is 0.344. The SMILES string of the molecule is COc1cccc(C(O)=C2C(=O)C(=O)N(c3nccs3)C2c2ccc(Br)cc2)c1. The molecule has 4 rings (SSSR count). The summed E-state index contributed by atoms with van der Waals surface area (Å²) in [6.45, 7) is 0. The number of rotatable bonds is 4. The molecule has 1 fully saturated rings. The van der Waals surface area contributed by atoms with Crippen LogP contribution < -0.4 is 9.64 Å². The third-order valence-electron chi connectivity index (χ3n) is 4.60. The first-order valence-electron chi connectivity index (χ1n) is 8.61. The highest BCUT2D eigenvalue weighted by molar-refractivity contribution is 9.10. The summed E-state index contributed by atoms with van der Waals surface area (Å²) < 4.78 is 6.07. The van der Waals surface area contributed by atoms with Crippen LogP contribution in [0, 0.1) is 0 Å². The highest BCUT2D eigenvalue weighted by atomic mass is 79.9. The molecule has 146 valence electrons. The monoisotopic (exact) mass is 470 g/mol. The average Bonchev–Trinajstić information content (AvgIpc) is 3.35. The summed E-state index contributed by atoms with van der Waals surface area (Å²) in [5, 5.41) is 13.2. The Bertz CT molecular complexity index is 1110. The number of ether oxygens (including phenoxy) is 1. The van der Waals surface area contributed by atoms with Crippen LogP contribution in [0.3, 0.4) is 0 Å². The summed E-state index contributed by atoms with van der Waals surface area (Å²) in [6.07, 6.45) is 1.57. The van der Waals surface area contributed by atoms with Gasteiger partial charge in [0.1, 0.15) is 11.5 Å². The number of aliphatic hydroxyl groups is 1. The molecule has 0 spiro atoms. The van der Waals surface area contributed by atoms with E-state index in [-0.39, 0.29) is 11.3 Å². The first kappa shape index (κ1) is 19.4. The minimum atomic E-state index is -0.791. The van der Waals surface area contributed by atoms with Crippen LogP contribution in [0.15, 0.2) is 70.2 Å². The molecular formula is C21H15BrN2O4S. The van der Waals surface area contributed by atoms with Crippen LogP contribution in [0.25, 0.3) is 5.76 Å². The van der Waals surface area contributed by atoms with E-state index in [1.54, 1.807) is 48.0 Å². The van der Waals surface area contributed by atoms with Gasteiger partial charge in [0.15, 0.2) is 5.13 Å². The van der Waals surface area contributed by atoms with Gasteiger partial charge in [0, 0.05) is 21.6 Å². The van der Waals surface area contributed by atoms with Gasteiger partial charge in [0.25, 0.3) is 5.78 Å². The molecule has 0 aliphatic carbocycles. The second-order valence-corrected chi connectivity index (χ2v) is 8.06. The lowest BCUT2D eigenvalue weighted by Gasteiger charge is -2.23. The molecule has 2 aromatic carbocycles. The van der Waals surface area contributed by atoms with Gasteiger partial charge in [-0.05, 0) is 29.8 Å². The van der Waals surface area contributed by atoms with Gasteiger partial charge in [-0.25, -0.2) is 4.98 Å². The van der Waals surface area contributed by atoms with Crippen molar-refractivity contribution < 1.29 is 19.4 Å². The molecule has 1 N–H and O–H groups in total. The maximum atomic E-state index is 13.0. The number of thiazole rings is 1. The van der Waals surface area contributed by atoms with E-state index >= 15 is 0 Å². The number of hydrogen-bond acceptors (Lipinski definition) is 6. The number of hydrogen-bond donors (Lipinski definition) is 1. The fourth-order valence-corrected chi connectivity index (χ4v) is 4.18. The number of carbonyl (C=O) groups excluding carboxylic acids is 2. The standard InChI is InChI=1S/C21H15BrN2O4S/c1-28-15-4-2-3-13(11-15)18(25)16-17(12-5-7-14(22)8-6-12)24(20(27)19(16)26)21-23-9-10-29-21/h2-11,17,25H,1H3. The molecule has 1 aliphatic heterocycles. The maximum absolute atomic E-state index is 13.0. The first-order valence-corrected chi connectivity index (χ1v) is 10.3. The predicted molar refractivity (Wildman–Crippen MR) is 114 cm³/mol. The zero-order valence-corrected chi connectivity index (χ0v) is 17.6. The van der Waals surface area contributed by atoms with Gasteiger partial charge in [-0.3, -0.25) is 14.5 Å². The molecule has 0 bridgehead atoms. The third-order valence-corrected chi connectivity index (χ3v) is 5.90. The summed E-state index contributed by atoms with van der Waals surface area (Å²) in [5.41, 5.74) is 1.09. The molecular weight excluding hydrogens is 456 g/mol. The minimum absolute atomic E-state index is 0.0146. The maximum Gasteiger partial charge on any atom is 0.301 e.